The molecule has 0 saturated carbocycles. The molecule has 1 aliphatic rings. The van der Waals surface area contributed by atoms with E-state index < -0.39 is 0 Å². The molecule has 100 valence electrons. The molecule has 0 radical (unpaired) electrons. The molecule has 19 heavy (non-hydrogen) atoms. The molecular weight excluding hydrogens is 240 g/mol. The number of H-pyrrole nitrogens is 1. The second-order valence-corrected chi connectivity index (χ2v) is 4.88. The number of benzene rings is 1. The Kier molecular flexibility index (Phi) is 3.25. The van der Waals surface area contributed by atoms with Crippen LogP contribution in [0.4, 0.5) is 0 Å². The van der Waals surface area contributed by atoms with Crippen LogP contribution >= 0.6 is 0 Å². The summed E-state index contributed by atoms with van der Waals surface area (Å²) in [5.74, 6) is 0.100. The van der Waals surface area contributed by atoms with Gasteiger partial charge in [-0.25, -0.2) is 0 Å². The molecular formula is C15H18N2O2. The van der Waals surface area contributed by atoms with Gasteiger partial charge in [-0.15, -0.1) is 0 Å². The van der Waals surface area contributed by atoms with Crippen LogP contribution in [-0.4, -0.2) is 41.6 Å². The summed E-state index contributed by atoms with van der Waals surface area (Å²) in [5, 5.41) is 1.08. The van der Waals surface area contributed by atoms with E-state index in [9.17, 15) is 4.79 Å². The summed E-state index contributed by atoms with van der Waals surface area (Å²) in [6.07, 6.45) is 2.80. The summed E-state index contributed by atoms with van der Waals surface area (Å²) in [5.41, 5.74) is 1.68. The number of hydrogen-bond acceptors (Lipinski definition) is 2. The maximum Gasteiger partial charge on any atom is 0.256 e. The molecule has 1 atom stereocenters. The summed E-state index contributed by atoms with van der Waals surface area (Å²) in [4.78, 5) is 17.8. The maximum absolute atomic E-state index is 12.7. The molecule has 1 aliphatic heterocycles. The highest BCUT2D eigenvalue weighted by molar-refractivity contribution is 6.05. The van der Waals surface area contributed by atoms with Crippen LogP contribution in [0.15, 0.2) is 30.5 Å². The van der Waals surface area contributed by atoms with E-state index in [-0.39, 0.29) is 11.9 Å². The van der Waals surface area contributed by atoms with Gasteiger partial charge in [0.25, 0.3) is 5.91 Å². The van der Waals surface area contributed by atoms with Gasteiger partial charge in [-0.05, 0) is 18.6 Å². The summed E-state index contributed by atoms with van der Waals surface area (Å²) in [6.45, 7) is 4.04. The van der Waals surface area contributed by atoms with Crippen LogP contribution in [0.1, 0.15) is 23.7 Å². The third-order valence-corrected chi connectivity index (χ3v) is 3.78. The van der Waals surface area contributed by atoms with Crippen molar-refractivity contribution < 1.29 is 9.53 Å². The minimum absolute atomic E-state index is 0.100. The van der Waals surface area contributed by atoms with Crippen molar-refractivity contribution in [2.75, 3.05) is 19.8 Å². The van der Waals surface area contributed by atoms with E-state index >= 15 is 0 Å². The van der Waals surface area contributed by atoms with E-state index in [4.69, 9.17) is 4.74 Å². The Morgan fingerprint density at radius 3 is 3.21 bits per heavy atom. The van der Waals surface area contributed by atoms with Crippen molar-refractivity contribution in [3.05, 3.63) is 36.0 Å². The molecule has 1 aromatic carbocycles. The third-order valence-electron chi connectivity index (χ3n) is 3.78. The van der Waals surface area contributed by atoms with Crippen LogP contribution in [0, 0.1) is 0 Å². The van der Waals surface area contributed by atoms with Crippen molar-refractivity contribution in [1.29, 1.82) is 0 Å². The maximum atomic E-state index is 12.7. The number of ether oxygens (including phenoxy) is 1. The van der Waals surface area contributed by atoms with E-state index in [0.717, 1.165) is 22.9 Å². The Labute approximate surface area is 112 Å². The number of rotatable bonds is 2. The van der Waals surface area contributed by atoms with E-state index in [1.807, 2.05) is 35.4 Å². The van der Waals surface area contributed by atoms with Crippen LogP contribution < -0.4 is 0 Å². The molecule has 2 heterocycles. The van der Waals surface area contributed by atoms with E-state index in [1.54, 1.807) is 0 Å². The van der Waals surface area contributed by atoms with Crippen LogP contribution in [0.3, 0.4) is 0 Å². The van der Waals surface area contributed by atoms with Crippen LogP contribution in [0.2, 0.25) is 0 Å². The Morgan fingerprint density at radius 2 is 2.37 bits per heavy atom. The Balaban J connectivity index is 1.96. The van der Waals surface area contributed by atoms with Crippen molar-refractivity contribution in [1.82, 2.24) is 9.88 Å². The zero-order valence-corrected chi connectivity index (χ0v) is 11.1. The summed E-state index contributed by atoms with van der Waals surface area (Å²) >= 11 is 0. The molecule has 0 bridgehead atoms. The van der Waals surface area contributed by atoms with Gasteiger partial charge in [0, 0.05) is 18.1 Å². The molecule has 4 nitrogen and oxygen atoms in total. The lowest BCUT2D eigenvalue weighted by Gasteiger charge is -2.35. The molecule has 3 rings (SSSR count). The SMILES string of the molecule is CCC1COCCN1C(=O)c1cccc2cc[nH]c12. The van der Waals surface area contributed by atoms with Crippen molar-refractivity contribution in [2.45, 2.75) is 19.4 Å². The normalized spacial score (nSPS) is 19.8. The van der Waals surface area contributed by atoms with Gasteiger partial charge in [-0.3, -0.25) is 4.79 Å². The first kappa shape index (κ1) is 12.2. The first-order chi connectivity index (χ1) is 9.31. The number of hydrogen-bond donors (Lipinski definition) is 1. The fraction of sp³-hybridized carbons (Fsp3) is 0.400. The van der Waals surface area contributed by atoms with Crippen molar-refractivity contribution in [2.24, 2.45) is 0 Å². The van der Waals surface area contributed by atoms with E-state index in [1.165, 1.54) is 0 Å². The monoisotopic (exact) mass is 258 g/mol. The topological polar surface area (TPSA) is 45.3 Å². The van der Waals surface area contributed by atoms with E-state index in [2.05, 4.69) is 11.9 Å². The number of morpholine rings is 1. The highest BCUT2D eigenvalue weighted by atomic mass is 16.5. The van der Waals surface area contributed by atoms with Gasteiger partial charge in [0.2, 0.25) is 0 Å². The third kappa shape index (κ3) is 2.12. The summed E-state index contributed by atoms with van der Waals surface area (Å²) in [6, 6.07) is 8.02. The van der Waals surface area contributed by atoms with Gasteiger partial charge < -0.3 is 14.6 Å². The van der Waals surface area contributed by atoms with Crippen LogP contribution in [0.25, 0.3) is 10.9 Å². The second kappa shape index (κ2) is 5.05. The highest BCUT2D eigenvalue weighted by Crippen LogP contribution is 2.21. The lowest BCUT2D eigenvalue weighted by atomic mass is 10.1. The average Bonchev–Trinajstić information content (AvgIpc) is 2.94. The number of amides is 1. The van der Waals surface area contributed by atoms with E-state index in [0.29, 0.717) is 19.8 Å². The van der Waals surface area contributed by atoms with Gasteiger partial charge >= 0.3 is 0 Å². The number of nitrogens with zero attached hydrogens (tertiary/aromatic N) is 1. The zero-order valence-electron chi connectivity index (χ0n) is 11.1. The predicted octanol–water partition coefficient (Wildman–Crippen LogP) is 2.42. The highest BCUT2D eigenvalue weighted by Gasteiger charge is 2.27. The molecule has 1 saturated heterocycles. The lowest BCUT2D eigenvalue weighted by Crippen LogP contribution is -2.48. The molecule has 1 N–H and O–H groups in total. The van der Waals surface area contributed by atoms with Gasteiger partial charge in [-0.2, -0.15) is 0 Å². The van der Waals surface area contributed by atoms with Gasteiger partial charge in [0.05, 0.1) is 30.3 Å². The minimum atomic E-state index is 0.100. The predicted molar refractivity (Wildman–Crippen MR) is 74.2 cm³/mol. The number of fused-ring (bicyclic) bond motifs is 1. The number of nitrogens with one attached hydrogen (secondary N) is 1. The first-order valence-corrected chi connectivity index (χ1v) is 6.76. The standard InChI is InChI=1S/C15H18N2O2/c1-2-12-10-19-9-8-17(12)15(18)13-5-3-4-11-6-7-16-14(11)13/h3-7,12,16H,2,8-10H2,1H3. The molecule has 1 aromatic heterocycles. The molecule has 1 unspecified atom stereocenters. The largest absolute Gasteiger partial charge is 0.377 e. The Bertz CT molecular complexity index is 591. The summed E-state index contributed by atoms with van der Waals surface area (Å²) < 4.78 is 5.46. The quantitative estimate of drug-likeness (QED) is 0.899. The number of carbonyl (C=O) groups excluding carboxylic acids is 1. The molecule has 0 spiro atoms. The van der Waals surface area contributed by atoms with Crippen LogP contribution in [0.5, 0.6) is 0 Å². The van der Waals surface area contributed by atoms with Crippen molar-refractivity contribution in [3.63, 3.8) is 0 Å². The van der Waals surface area contributed by atoms with Crippen molar-refractivity contribution in [3.8, 4) is 0 Å². The molecule has 2 aromatic rings. The minimum Gasteiger partial charge on any atom is -0.377 e. The first-order valence-electron chi connectivity index (χ1n) is 6.76. The average molecular weight is 258 g/mol. The number of aromatic amines is 1. The van der Waals surface area contributed by atoms with Crippen LogP contribution in [-0.2, 0) is 4.74 Å². The zero-order chi connectivity index (χ0) is 13.2. The lowest BCUT2D eigenvalue weighted by molar-refractivity contribution is -0.00270. The molecule has 4 heteroatoms. The Morgan fingerprint density at radius 1 is 1.47 bits per heavy atom. The molecule has 0 aliphatic carbocycles. The smallest absolute Gasteiger partial charge is 0.256 e. The summed E-state index contributed by atoms with van der Waals surface area (Å²) in [7, 11) is 0. The molecule has 1 fully saturated rings. The fourth-order valence-electron chi connectivity index (χ4n) is 2.68. The van der Waals surface area contributed by atoms with Crippen molar-refractivity contribution >= 4 is 16.8 Å². The van der Waals surface area contributed by atoms with Gasteiger partial charge in [0.15, 0.2) is 0 Å². The van der Waals surface area contributed by atoms with Gasteiger partial charge in [-0.1, -0.05) is 19.1 Å². The fourth-order valence-corrected chi connectivity index (χ4v) is 2.68. The second-order valence-electron chi connectivity index (χ2n) is 4.88. The van der Waals surface area contributed by atoms with Gasteiger partial charge in [0.1, 0.15) is 0 Å². The molecule has 1 amide bonds. The number of carbonyl (C=O) groups is 1. The number of aromatic nitrogens is 1. The number of para-hydroxylation sites is 1. The Hall–Kier alpha value is -1.81.